The highest BCUT2D eigenvalue weighted by molar-refractivity contribution is 7.89. The van der Waals surface area contributed by atoms with Crippen LogP contribution >= 0.6 is 0 Å². The number of aryl methyl sites for hydroxylation is 2. The largest absolute Gasteiger partial charge is 0.330 e. The molecule has 0 aromatic carbocycles. The van der Waals surface area contributed by atoms with Gasteiger partial charge in [0.05, 0.1) is 11.4 Å². The minimum atomic E-state index is -3.54. The molecule has 0 radical (unpaired) electrons. The van der Waals surface area contributed by atoms with Crippen molar-refractivity contribution in [2.75, 3.05) is 6.54 Å². The first kappa shape index (κ1) is 15.1. The summed E-state index contributed by atoms with van der Waals surface area (Å²) in [6, 6.07) is -0.209. The summed E-state index contributed by atoms with van der Waals surface area (Å²) in [6.07, 6.45) is 0. The lowest BCUT2D eigenvalue weighted by Gasteiger charge is -2.19. The molecule has 18 heavy (non-hydrogen) atoms. The fourth-order valence-corrected chi connectivity index (χ4v) is 3.56. The first-order chi connectivity index (χ1) is 8.20. The monoisotopic (exact) mass is 274 g/mol. The average Bonchev–Trinajstić information content (AvgIpc) is 2.51. The summed E-state index contributed by atoms with van der Waals surface area (Å²) in [6.45, 7) is 7.60. The van der Waals surface area contributed by atoms with Gasteiger partial charge in [-0.2, -0.15) is 5.10 Å². The normalized spacial score (nSPS) is 15.7. The number of hydrogen-bond acceptors (Lipinski definition) is 4. The van der Waals surface area contributed by atoms with Gasteiger partial charge in [-0.05, 0) is 33.2 Å². The Morgan fingerprint density at radius 2 is 1.94 bits per heavy atom. The Labute approximate surface area is 109 Å². The molecule has 0 spiro atoms. The van der Waals surface area contributed by atoms with Crippen LogP contribution in [-0.2, 0) is 17.1 Å². The molecule has 1 heterocycles. The number of nitrogens with zero attached hydrogens (tertiary/aromatic N) is 2. The zero-order valence-corrected chi connectivity index (χ0v) is 12.4. The molecule has 1 aromatic heterocycles. The van der Waals surface area contributed by atoms with E-state index < -0.39 is 10.0 Å². The van der Waals surface area contributed by atoms with E-state index in [1.807, 2.05) is 13.8 Å². The third-order valence-electron chi connectivity index (χ3n) is 3.28. The summed E-state index contributed by atoms with van der Waals surface area (Å²) in [5.41, 5.74) is 6.68. The number of nitrogens with two attached hydrogens (primary N) is 1. The van der Waals surface area contributed by atoms with Gasteiger partial charge < -0.3 is 5.73 Å². The Morgan fingerprint density at radius 3 is 2.33 bits per heavy atom. The highest BCUT2D eigenvalue weighted by Gasteiger charge is 2.26. The molecule has 6 nitrogen and oxygen atoms in total. The van der Waals surface area contributed by atoms with Crippen LogP contribution in [0.2, 0.25) is 0 Å². The Morgan fingerprint density at radius 1 is 1.39 bits per heavy atom. The second-order valence-corrected chi connectivity index (χ2v) is 6.40. The molecule has 2 unspecified atom stereocenters. The minimum absolute atomic E-state index is 0.0806. The molecule has 0 aliphatic rings. The first-order valence-electron chi connectivity index (χ1n) is 5.93. The zero-order valence-electron chi connectivity index (χ0n) is 11.6. The number of sulfonamides is 1. The fraction of sp³-hybridized carbons (Fsp3) is 0.727. The number of rotatable bonds is 5. The summed E-state index contributed by atoms with van der Waals surface area (Å²) in [5.74, 6) is 0.0806. The third kappa shape index (κ3) is 2.90. The Hall–Kier alpha value is -0.920. The summed E-state index contributed by atoms with van der Waals surface area (Å²) in [7, 11) is -1.81. The molecule has 1 rings (SSSR count). The number of hydrogen-bond donors (Lipinski definition) is 2. The van der Waals surface area contributed by atoms with Crippen molar-refractivity contribution in [2.45, 2.75) is 38.6 Å². The molecular weight excluding hydrogens is 252 g/mol. The standard InChI is InChI=1S/C11H22N4O2S/c1-7(6-12)8(2)14-18(16,17)11-9(3)13-15(5)10(11)4/h7-8,14H,6,12H2,1-5H3. The first-order valence-corrected chi connectivity index (χ1v) is 7.41. The van der Waals surface area contributed by atoms with Crippen molar-refractivity contribution in [1.29, 1.82) is 0 Å². The quantitative estimate of drug-likeness (QED) is 0.808. The van der Waals surface area contributed by atoms with E-state index in [1.54, 1.807) is 25.6 Å². The number of nitrogens with one attached hydrogen (secondary N) is 1. The molecule has 104 valence electrons. The van der Waals surface area contributed by atoms with Crippen LogP contribution in [0.3, 0.4) is 0 Å². The molecule has 1 aromatic rings. The van der Waals surface area contributed by atoms with E-state index in [-0.39, 0.29) is 16.9 Å². The van der Waals surface area contributed by atoms with Gasteiger partial charge in [0, 0.05) is 13.1 Å². The summed E-state index contributed by atoms with van der Waals surface area (Å²) >= 11 is 0. The Kier molecular flexibility index (Phi) is 4.52. The van der Waals surface area contributed by atoms with E-state index in [4.69, 9.17) is 5.73 Å². The van der Waals surface area contributed by atoms with Gasteiger partial charge in [-0.25, -0.2) is 13.1 Å². The number of aromatic nitrogens is 2. The van der Waals surface area contributed by atoms with Crippen LogP contribution in [0.15, 0.2) is 4.90 Å². The van der Waals surface area contributed by atoms with Crippen molar-refractivity contribution in [2.24, 2.45) is 18.7 Å². The van der Waals surface area contributed by atoms with Crippen molar-refractivity contribution in [1.82, 2.24) is 14.5 Å². The molecule has 0 aliphatic carbocycles. The Balaban J connectivity index is 3.08. The van der Waals surface area contributed by atoms with Gasteiger partial charge >= 0.3 is 0 Å². The highest BCUT2D eigenvalue weighted by atomic mass is 32.2. The van der Waals surface area contributed by atoms with Crippen molar-refractivity contribution in [3.05, 3.63) is 11.4 Å². The van der Waals surface area contributed by atoms with E-state index in [0.717, 1.165) is 0 Å². The molecule has 0 saturated heterocycles. The smallest absolute Gasteiger partial charge is 0.244 e. The third-order valence-corrected chi connectivity index (χ3v) is 5.09. The predicted molar refractivity (Wildman–Crippen MR) is 70.7 cm³/mol. The lowest BCUT2D eigenvalue weighted by molar-refractivity contribution is 0.453. The summed E-state index contributed by atoms with van der Waals surface area (Å²) in [4.78, 5) is 0.265. The summed E-state index contributed by atoms with van der Waals surface area (Å²) < 4.78 is 28.9. The lowest BCUT2D eigenvalue weighted by atomic mass is 10.1. The van der Waals surface area contributed by atoms with Crippen LogP contribution in [0.25, 0.3) is 0 Å². The molecule has 0 bridgehead atoms. The van der Waals surface area contributed by atoms with Crippen LogP contribution in [-0.4, -0.2) is 30.8 Å². The van der Waals surface area contributed by atoms with E-state index in [1.165, 1.54) is 0 Å². The Bertz CT molecular complexity index is 521. The highest BCUT2D eigenvalue weighted by Crippen LogP contribution is 2.19. The van der Waals surface area contributed by atoms with Crippen molar-refractivity contribution in [3.8, 4) is 0 Å². The van der Waals surface area contributed by atoms with Crippen molar-refractivity contribution < 1.29 is 8.42 Å². The molecule has 3 N–H and O–H groups in total. The van der Waals surface area contributed by atoms with Gasteiger partial charge in [0.1, 0.15) is 4.90 Å². The van der Waals surface area contributed by atoms with Crippen LogP contribution in [0.5, 0.6) is 0 Å². The van der Waals surface area contributed by atoms with Gasteiger partial charge in [-0.3, -0.25) is 4.68 Å². The molecule has 0 amide bonds. The van der Waals surface area contributed by atoms with Gasteiger partial charge in [-0.1, -0.05) is 6.92 Å². The molecule has 2 atom stereocenters. The van der Waals surface area contributed by atoms with Gasteiger partial charge in [0.15, 0.2) is 0 Å². The van der Waals surface area contributed by atoms with E-state index in [2.05, 4.69) is 9.82 Å². The zero-order chi connectivity index (χ0) is 14.1. The molecular formula is C11H22N4O2S. The SMILES string of the molecule is Cc1nn(C)c(C)c1S(=O)(=O)NC(C)C(C)CN. The second-order valence-electron chi connectivity index (χ2n) is 4.75. The van der Waals surface area contributed by atoms with Gasteiger partial charge in [0.2, 0.25) is 10.0 Å². The molecule has 0 saturated carbocycles. The maximum atomic E-state index is 12.3. The van der Waals surface area contributed by atoms with E-state index in [9.17, 15) is 8.42 Å². The fourth-order valence-electron chi connectivity index (χ4n) is 1.77. The average molecular weight is 274 g/mol. The maximum absolute atomic E-state index is 12.3. The topological polar surface area (TPSA) is 90.0 Å². The van der Waals surface area contributed by atoms with Crippen molar-refractivity contribution >= 4 is 10.0 Å². The van der Waals surface area contributed by atoms with Crippen LogP contribution in [0, 0.1) is 19.8 Å². The molecule has 0 fully saturated rings. The van der Waals surface area contributed by atoms with Crippen LogP contribution < -0.4 is 10.5 Å². The summed E-state index contributed by atoms with van der Waals surface area (Å²) in [5, 5.41) is 4.12. The molecule has 7 heteroatoms. The minimum Gasteiger partial charge on any atom is -0.330 e. The van der Waals surface area contributed by atoms with Crippen LogP contribution in [0.1, 0.15) is 25.2 Å². The van der Waals surface area contributed by atoms with Gasteiger partial charge in [-0.15, -0.1) is 0 Å². The van der Waals surface area contributed by atoms with Crippen LogP contribution in [0.4, 0.5) is 0 Å². The molecule has 0 aliphatic heterocycles. The van der Waals surface area contributed by atoms with Crippen molar-refractivity contribution in [3.63, 3.8) is 0 Å². The van der Waals surface area contributed by atoms with E-state index in [0.29, 0.717) is 17.9 Å². The second kappa shape index (κ2) is 5.38. The lowest BCUT2D eigenvalue weighted by Crippen LogP contribution is -2.40. The predicted octanol–water partition coefficient (Wildman–Crippen LogP) is 0.299. The van der Waals surface area contributed by atoms with E-state index >= 15 is 0 Å². The van der Waals surface area contributed by atoms with Gasteiger partial charge in [0.25, 0.3) is 0 Å². The maximum Gasteiger partial charge on any atom is 0.244 e.